The Kier molecular flexibility index (Phi) is 4.71. The van der Waals surface area contributed by atoms with Crippen LogP contribution in [-0.4, -0.2) is 37.2 Å². The maximum atomic E-state index is 12.2. The number of carbonyl (C=O) groups excluding carboxylic acids is 1. The lowest BCUT2D eigenvalue weighted by Gasteiger charge is -2.29. The fourth-order valence-corrected chi connectivity index (χ4v) is 3.25. The summed E-state index contributed by atoms with van der Waals surface area (Å²) >= 11 is 1.69. The fraction of sp³-hybridized carbons (Fsp3) is 0.353. The summed E-state index contributed by atoms with van der Waals surface area (Å²) in [6.45, 7) is 3.52. The number of carbonyl (C=O) groups is 1. The van der Waals surface area contributed by atoms with Gasteiger partial charge in [0, 0.05) is 16.8 Å². The molecule has 5 nitrogen and oxygen atoms in total. The first kappa shape index (κ1) is 15.7. The van der Waals surface area contributed by atoms with Crippen LogP contribution in [-0.2, 0) is 6.54 Å². The van der Waals surface area contributed by atoms with E-state index in [4.69, 9.17) is 9.47 Å². The van der Waals surface area contributed by atoms with Gasteiger partial charge in [-0.3, -0.25) is 0 Å². The van der Waals surface area contributed by atoms with E-state index in [2.05, 4.69) is 18.3 Å². The van der Waals surface area contributed by atoms with Crippen molar-refractivity contribution >= 4 is 17.4 Å². The predicted molar refractivity (Wildman–Crippen MR) is 90.3 cm³/mol. The molecule has 3 rings (SSSR count). The van der Waals surface area contributed by atoms with Crippen molar-refractivity contribution in [1.82, 2.24) is 10.2 Å². The van der Waals surface area contributed by atoms with E-state index >= 15 is 0 Å². The Morgan fingerprint density at radius 3 is 2.83 bits per heavy atom. The van der Waals surface area contributed by atoms with Gasteiger partial charge >= 0.3 is 6.03 Å². The summed E-state index contributed by atoms with van der Waals surface area (Å²) in [6, 6.07) is 11.6. The van der Waals surface area contributed by atoms with E-state index in [-0.39, 0.29) is 12.1 Å². The van der Waals surface area contributed by atoms with Crippen LogP contribution in [0.4, 0.5) is 4.79 Å². The number of hydrogen-bond acceptors (Lipinski definition) is 4. The molecule has 0 aliphatic carbocycles. The molecule has 2 aromatic rings. The highest BCUT2D eigenvalue weighted by molar-refractivity contribution is 7.11. The number of likely N-dealkylation sites (N-methyl/N-ethyl adjacent to an activating group) is 1. The maximum absolute atomic E-state index is 12.2. The Morgan fingerprint density at radius 1 is 1.30 bits per heavy atom. The molecule has 0 saturated heterocycles. The minimum atomic E-state index is -0.162. The summed E-state index contributed by atoms with van der Waals surface area (Å²) in [4.78, 5) is 16.2. The van der Waals surface area contributed by atoms with E-state index in [1.807, 2.05) is 30.3 Å². The van der Waals surface area contributed by atoms with Crippen LogP contribution in [0.3, 0.4) is 0 Å². The number of ether oxygens (including phenoxy) is 2. The van der Waals surface area contributed by atoms with E-state index in [1.54, 1.807) is 23.3 Å². The Hall–Kier alpha value is -2.21. The largest absolute Gasteiger partial charge is 0.486 e. The molecule has 1 N–H and O–H groups in total. The normalized spacial score (nSPS) is 16.0. The number of hydrogen-bond donors (Lipinski definition) is 1. The lowest BCUT2D eigenvalue weighted by molar-refractivity contribution is 0.0715. The van der Waals surface area contributed by atoms with Gasteiger partial charge in [-0.25, -0.2) is 4.79 Å². The summed E-state index contributed by atoms with van der Waals surface area (Å²) in [5.41, 5.74) is 0. The van der Waals surface area contributed by atoms with Gasteiger partial charge in [0.2, 0.25) is 0 Å². The first-order valence-corrected chi connectivity index (χ1v) is 8.36. The number of urea groups is 1. The average Bonchev–Trinajstić information content (AvgIpc) is 2.98. The Balaban J connectivity index is 1.49. The van der Waals surface area contributed by atoms with Gasteiger partial charge in [-0.1, -0.05) is 12.1 Å². The third-order valence-corrected chi connectivity index (χ3v) is 4.60. The minimum absolute atomic E-state index is 0.112. The molecular formula is C17H20N2O3S. The molecule has 0 bridgehead atoms. The van der Waals surface area contributed by atoms with Crippen LogP contribution in [0.15, 0.2) is 36.4 Å². The molecular weight excluding hydrogens is 312 g/mol. The highest BCUT2D eigenvalue weighted by Gasteiger charge is 2.23. The highest BCUT2D eigenvalue weighted by atomic mass is 32.1. The molecule has 6 heteroatoms. The smallest absolute Gasteiger partial charge is 0.317 e. The van der Waals surface area contributed by atoms with E-state index in [0.29, 0.717) is 19.7 Å². The second-order valence-electron chi connectivity index (χ2n) is 5.55. The number of fused-ring (bicyclic) bond motifs is 1. The van der Waals surface area contributed by atoms with Crippen LogP contribution in [0.5, 0.6) is 11.5 Å². The van der Waals surface area contributed by atoms with E-state index in [1.165, 1.54) is 4.88 Å². The van der Waals surface area contributed by atoms with Crippen LogP contribution >= 0.6 is 11.3 Å². The van der Waals surface area contributed by atoms with Crippen LogP contribution in [0.25, 0.3) is 0 Å². The molecule has 1 aromatic heterocycles. The van der Waals surface area contributed by atoms with Gasteiger partial charge in [-0.2, -0.15) is 0 Å². The summed E-state index contributed by atoms with van der Waals surface area (Å²) < 4.78 is 11.5. The van der Waals surface area contributed by atoms with Crippen LogP contribution in [0.1, 0.15) is 9.75 Å². The Morgan fingerprint density at radius 2 is 2.09 bits per heavy atom. The van der Waals surface area contributed by atoms with Crippen molar-refractivity contribution in [3.63, 3.8) is 0 Å². The second-order valence-corrected chi connectivity index (χ2v) is 6.92. The van der Waals surface area contributed by atoms with Gasteiger partial charge in [0.05, 0.1) is 13.1 Å². The van der Waals surface area contributed by atoms with Gasteiger partial charge in [0.1, 0.15) is 6.61 Å². The number of para-hydroxylation sites is 2. The molecule has 0 saturated carbocycles. The summed E-state index contributed by atoms with van der Waals surface area (Å²) in [7, 11) is 1.76. The van der Waals surface area contributed by atoms with Gasteiger partial charge in [-0.15, -0.1) is 11.3 Å². The molecule has 122 valence electrons. The lowest BCUT2D eigenvalue weighted by Crippen LogP contribution is -2.45. The second kappa shape index (κ2) is 6.91. The standard InChI is InChI=1S/C17H20N2O3S/c1-12-7-8-14(23-12)9-18-17(20)19(2)10-13-11-21-15-5-3-4-6-16(15)22-13/h3-8,13H,9-11H2,1-2H3,(H,18,20)/t13-/m1/s1. The van der Waals surface area contributed by atoms with E-state index in [9.17, 15) is 4.79 Å². The quantitative estimate of drug-likeness (QED) is 0.936. The van der Waals surface area contributed by atoms with Crippen molar-refractivity contribution in [2.45, 2.75) is 19.6 Å². The molecule has 1 aliphatic heterocycles. The molecule has 1 aliphatic rings. The topological polar surface area (TPSA) is 50.8 Å². The summed E-state index contributed by atoms with van der Waals surface area (Å²) in [5, 5.41) is 2.92. The number of aryl methyl sites for hydroxylation is 1. The zero-order valence-electron chi connectivity index (χ0n) is 13.2. The van der Waals surface area contributed by atoms with E-state index < -0.39 is 0 Å². The fourth-order valence-electron chi connectivity index (χ4n) is 2.42. The van der Waals surface area contributed by atoms with Gasteiger partial charge in [-0.05, 0) is 31.2 Å². The lowest BCUT2D eigenvalue weighted by atomic mass is 10.2. The summed E-state index contributed by atoms with van der Waals surface area (Å²) in [5.74, 6) is 1.48. The first-order chi connectivity index (χ1) is 11.1. The van der Waals surface area contributed by atoms with Crippen LogP contribution in [0.2, 0.25) is 0 Å². The van der Waals surface area contributed by atoms with Crippen molar-refractivity contribution < 1.29 is 14.3 Å². The number of amides is 2. The number of nitrogens with one attached hydrogen (secondary N) is 1. The van der Waals surface area contributed by atoms with E-state index in [0.717, 1.165) is 16.4 Å². The SMILES string of the molecule is Cc1ccc(CNC(=O)N(C)C[C@@H]2COc3ccccc3O2)s1. The van der Waals surface area contributed by atoms with Crippen molar-refractivity contribution in [3.8, 4) is 11.5 Å². The molecule has 23 heavy (non-hydrogen) atoms. The third-order valence-electron chi connectivity index (χ3n) is 3.60. The zero-order chi connectivity index (χ0) is 16.2. The molecule has 1 atom stereocenters. The van der Waals surface area contributed by atoms with Gasteiger partial charge < -0.3 is 19.7 Å². The maximum Gasteiger partial charge on any atom is 0.317 e. The third kappa shape index (κ3) is 3.96. The average molecular weight is 332 g/mol. The van der Waals surface area contributed by atoms with Gasteiger partial charge in [0.25, 0.3) is 0 Å². The van der Waals surface area contributed by atoms with Crippen LogP contribution in [0, 0.1) is 6.92 Å². The number of benzene rings is 1. The Labute approximate surface area is 139 Å². The number of nitrogens with zero attached hydrogens (tertiary/aromatic N) is 1. The predicted octanol–water partition coefficient (Wildman–Crippen LogP) is 3.04. The molecule has 0 unspecified atom stereocenters. The molecule has 2 heterocycles. The van der Waals surface area contributed by atoms with Crippen molar-refractivity contribution in [2.24, 2.45) is 0 Å². The van der Waals surface area contributed by atoms with Crippen LogP contribution < -0.4 is 14.8 Å². The zero-order valence-corrected chi connectivity index (χ0v) is 14.1. The van der Waals surface area contributed by atoms with Crippen molar-refractivity contribution in [3.05, 3.63) is 46.2 Å². The number of rotatable bonds is 4. The molecule has 0 radical (unpaired) electrons. The molecule has 0 fully saturated rings. The molecule has 1 aromatic carbocycles. The van der Waals surface area contributed by atoms with Crippen molar-refractivity contribution in [1.29, 1.82) is 0 Å². The van der Waals surface area contributed by atoms with Crippen molar-refractivity contribution in [2.75, 3.05) is 20.2 Å². The minimum Gasteiger partial charge on any atom is -0.486 e. The summed E-state index contributed by atoms with van der Waals surface area (Å²) in [6.07, 6.45) is -0.162. The van der Waals surface area contributed by atoms with Gasteiger partial charge in [0.15, 0.2) is 17.6 Å². The monoisotopic (exact) mass is 332 g/mol. The first-order valence-electron chi connectivity index (χ1n) is 7.54. The highest BCUT2D eigenvalue weighted by Crippen LogP contribution is 2.30. The molecule has 2 amide bonds. The number of thiophene rings is 1. The molecule has 0 spiro atoms. The Bertz CT molecular complexity index is 686.